The lowest BCUT2D eigenvalue weighted by Gasteiger charge is -2.09. The van der Waals surface area contributed by atoms with Gasteiger partial charge in [0.05, 0.1) is 28.7 Å². The second-order valence-corrected chi connectivity index (χ2v) is 5.83. The van der Waals surface area contributed by atoms with Gasteiger partial charge < -0.3 is 4.57 Å². The van der Waals surface area contributed by atoms with Crippen LogP contribution in [-0.4, -0.2) is 14.3 Å². The lowest BCUT2D eigenvalue weighted by atomic mass is 10.1. The highest BCUT2D eigenvalue weighted by Gasteiger charge is 2.16. The summed E-state index contributed by atoms with van der Waals surface area (Å²) in [6, 6.07) is 18.2. The van der Waals surface area contributed by atoms with Crippen LogP contribution in [0.15, 0.2) is 59.4 Å². The maximum atomic E-state index is 12.7. The fraction of sp³-hybridized carbons (Fsp3) is 0.158. The number of para-hydroxylation sites is 1. The van der Waals surface area contributed by atoms with E-state index in [-0.39, 0.29) is 5.56 Å². The first-order valence-electron chi connectivity index (χ1n) is 7.65. The number of pyridine rings is 1. The van der Waals surface area contributed by atoms with Gasteiger partial charge in [0.2, 0.25) is 0 Å². The first kappa shape index (κ1) is 13.8. The monoisotopic (exact) mass is 303 g/mol. The average Bonchev–Trinajstić information content (AvgIpc) is 2.90. The lowest BCUT2D eigenvalue weighted by molar-refractivity contribution is 0.705. The van der Waals surface area contributed by atoms with Crippen molar-refractivity contribution in [3.63, 3.8) is 0 Å². The van der Waals surface area contributed by atoms with Gasteiger partial charge >= 0.3 is 0 Å². The molecular weight excluding hydrogens is 286 g/mol. The largest absolute Gasteiger partial charge is 0.311 e. The SMILES string of the molecule is Cc1nn(Cc2ccccc2)c2c1c(=O)n(C)c1ccccc21. The van der Waals surface area contributed by atoms with Crippen molar-refractivity contribution in [1.29, 1.82) is 0 Å². The topological polar surface area (TPSA) is 39.8 Å². The highest BCUT2D eigenvalue weighted by Crippen LogP contribution is 2.25. The van der Waals surface area contributed by atoms with Crippen LogP contribution in [-0.2, 0) is 13.6 Å². The Morgan fingerprint density at radius 3 is 2.48 bits per heavy atom. The standard InChI is InChI=1S/C19H17N3O/c1-13-17-18(22(20-13)12-14-8-4-3-5-9-14)15-10-6-7-11-16(15)21(2)19(17)23/h3-11H,12H2,1-2H3. The fourth-order valence-electron chi connectivity index (χ4n) is 3.23. The van der Waals surface area contributed by atoms with Gasteiger partial charge in [-0.1, -0.05) is 48.5 Å². The van der Waals surface area contributed by atoms with Crippen molar-refractivity contribution in [2.75, 3.05) is 0 Å². The molecule has 0 aliphatic heterocycles. The van der Waals surface area contributed by atoms with Gasteiger partial charge in [-0.05, 0) is 18.6 Å². The van der Waals surface area contributed by atoms with Gasteiger partial charge in [-0.15, -0.1) is 0 Å². The van der Waals surface area contributed by atoms with Gasteiger partial charge in [-0.25, -0.2) is 0 Å². The van der Waals surface area contributed by atoms with E-state index in [0.717, 1.165) is 22.1 Å². The Bertz CT molecular complexity index is 1070. The molecule has 0 unspecified atom stereocenters. The second-order valence-electron chi connectivity index (χ2n) is 5.83. The van der Waals surface area contributed by atoms with Gasteiger partial charge in [-0.2, -0.15) is 5.10 Å². The zero-order chi connectivity index (χ0) is 16.0. The number of aryl methyl sites for hydroxylation is 2. The van der Waals surface area contributed by atoms with Gasteiger partial charge in [-0.3, -0.25) is 9.48 Å². The zero-order valence-corrected chi connectivity index (χ0v) is 13.2. The highest BCUT2D eigenvalue weighted by atomic mass is 16.1. The second kappa shape index (κ2) is 5.09. The molecule has 0 radical (unpaired) electrons. The predicted octanol–water partition coefficient (Wildman–Crippen LogP) is 3.24. The van der Waals surface area contributed by atoms with Crippen LogP contribution in [0.4, 0.5) is 0 Å². The Morgan fingerprint density at radius 2 is 1.70 bits per heavy atom. The van der Waals surface area contributed by atoms with Crippen molar-refractivity contribution in [3.05, 3.63) is 76.2 Å². The summed E-state index contributed by atoms with van der Waals surface area (Å²) in [6.45, 7) is 2.56. The molecule has 0 saturated heterocycles. The highest BCUT2D eigenvalue weighted by molar-refractivity contribution is 6.04. The Kier molecular flexibility index (Phi) is 3.05. The molecule has 4 aromatic rings. The lowest BCUT2D eigenvalue weighted by Crippen LogP contribution is -2.17. The third kappa shape index (κ3) is 2.06. The molecule has 23 heavy (non-hydrogen) atoms. The number of hydrogen-bond acceptors (Lipinski definition) is 2. The normalized spacial score (nSPS) is 11.4. The van der Waals surface area contributed by atoms with Crippen LogP contribution >= 0.6 is 0 Å². The molecular formula is C19H17N3O. The molecule has 4 heteroatoms. The van der Waals surface area contributed by atoms with Gasteiger partial charge in [0.15, 0.2) is 0 Å². The Labute approximate surface area is 133 Å². The summed E-state index contributed by atoms with van der Waals surface area (Å²) in [4.78, 5) is 12.7. The summed E-state index contributed by atoms with van der Waals surface area (Å²) in [5, 5.41) is 6.41. The molecule has 2 aromatic carbocycles. The fourth-order valence-corrected chi connectivity index (χ4v) is 3.23. The zero-order valence-electron chi connectivity index (χ0n) is 13.2. The number of aromatic nitrogens is 3. The van der Waals surface area contributed by atoms with E-state index in [1.54, 1.807) is 4.57 Å². The number of benzene rings is 2. The van der Waals surface area contributed by atoms with E-state index >= 15 is 0 Å². The summed E-state index contributed by atoms with van der Waals surface area (Å²) >= 11 is 0. The maximum absolute atomic E-state index is 12.7. The number of hydrogen-bond donors (Lipinski definition) is 0. The predicted molar refractivity (Wildman–Crippen MR) is 92.8 cm³/mol. The molecule has 4 rings (SSSR count). The Balaban J connectivity index is 2.09. The van der Waals surface area contributed by atoms with Crippen LogP contribution in [0.3, 0.4) is 0 Å². The minimum absolute atomic E-state index is 0.00973. The summed E-state index contributed by atoms with van der Waals surface area (Å²) in [5.41, 5.74) is 3.81. The van der Waals surface area contributed by atoms with Crippen molar-refractivity contribution in [2.24, 2.45) is 7.05 Å². The van der Waals surface area contributed by atoms with Crippen LogP contribution in [0.25, 0.3) is 21.8 Å². The number of fused-ring (bicyclic) bond motifs is 3. The number of nitrogens with zero attached hydrogens (tertiary/aromatic N) is 3. The molecule has 0 bridgehead atoms. The van der Waals surface area contributed by atoms with Crippen molar-refractivity contribution in [1.82, 2.24) is 14.3 Å². The van der Waals surface area contributed by atoms with E-state index < -0.39 is 0 Å². The number of rotatable bonds is 2. The molecule has 0 saturated carbocycles. The van der Waals surface area contributed by atoms with E-state index in [0.29, 0.717) is 11.9 Å². The molecule has 2 heterocycles. The third-order valence-electron chi connectivity index (χ3n) is 4.34. The molecule has 0 aliphatic rings. The molecule has 2 aromatic heterocycles. The first-order valence-corrected chi connectivity index (χ1v) is 7.65. The summed E-state index contributed by atoms with van der Waals surface area (Å²) in [7, 11) is 1.82. The molecule has 4 nitrogen and oxygen atoms in total. The van der Waals surface area contributed by atoms with E-state index in [4.69, 9.17) is 0 Å². The summed E-state index contributed by atoms with van der Waals surface area (Å²) < 4.78 is 3.66. The molecule has 0 N–H and O–H groups in total. The van der Waals surface area contributed by atoms with E-state index in [2.05, 4.69) is 23.3 Å². The van der Waals surface area contributed by atoms with Crippen LogP contribution in [0.2, 0.25) is 0 Å². The molecule has 0 amide bonds. The van der Waals surface area contributed by atoms with Gasteiger partial charge in [0.25, 0.3) is 5.56 Å². The van der Waals surface area contributed by atoms with E-state index in [1.807, 2.05) is 55.1 Å². The quantitative estimate of drug-likeness (QED) is 0.570. The minimum atomic E-state index is 0.00973. The smallest absolute Gasteiger partial charge is 0.262 e. The average molecular weight is 303 g/mol. The third-order valence-corrected chi connectivity index (χ3v) is 4.34. The minimum Gasteiger partial charge on any atom is -0.311 e. The Morgan fingerprint density at radius 1 is 1.00 bits per heavy atom. The molecule has 0 aliphatic carbocycles. The summed E-state index contributed by atoms with van der Waals surface area (Å²) in [6.07, 6.45) is 0. The molecule has 114 valence electrons. The van der Waals surface area contributed by atoms with Crippen molar-refractivity contribution in [3.8, 4) is 0 Å². The molecule has 0 fully saturated rings. The van der Waals surface area contributed by atoms with Crippen LogP contribution in [0.5, 0.6) is 0 Å². The molecule has 0 spiro atoms. The van der Waals surface area contributed by atoms with Crippen molar-refractivity contribution >= 4 is 21.8 Å². The van der Waals surface area contributed by atoms with Gasteiger partial charge in [0.1, 0.15) is 0 Å². The van der Waals surface area contributed by atoms with Crippen molar-refractivity contribution < 1.29 is 0 Å². The van der Waals surface area contributed by atoms with Gasteiger partial charge in [0, 0.05) is 12.4 Å². The van der Waals surface area contributed by atoms with E-state index in [1.165, 1.54) is 5.56 Å². The first-order chi connectivity index (χ1) is 11.2. The van der Waals surface area contributed by atoms with Crippen LogP contribution < -0.4 is 5.56 Å². The van der Waals surface area contributed by atoms with E-state index in [9.17, 15) is 4.79 Å². The van der Waals surface area contributed by atoms with Crippen molar-refractivity contribution in [2.45, 2.75) is 13.5 Å². The maximum Gasteiger partial charge on any atom is 0.262 e. The summed E-state index contributed by atoms with van der Waals surface area (Å²) in [5.74, 6) is 0. The van der Waals surface area contributed by atoms with Crippen LogP contribution in [0.1, 0.15) is 11.3 Å². The Hall–Kier alpha value is -2.88. The molecule has 0 atom stereocenters. The van der Waals surface area contributed by atoms with Crippen LogP contribution in [0, 0.1) is 6.92 Å².